The van der Waals surface area contributed by atoms with E-state index in [9.17, 15) is 13.6 Å². The number of anilines is 2. The van der Waals surface area contributed by atoms with Crippen molar-refractivity contribution in [2.75, 3.05) is 42.9 Å². The quantitative estimate of drug-likeness (QED) is 0.513. The van der Waals surface area contributed by atoms with Gasteiger partial charge in [0.2, 0.25) is 5.91 Å². The van der Waals surface area contributed by atoms with Crippen LogP contribution in [0.5, 0.6) is 0 Å². The maximum absolute atomic E-state index is 13.9. The highest BCUT2D eigenvalue weighted by Crippen LogP contribution is 2.21. The van der Waals surface area contributed by atoms with Crippen molar-refractivity contribution in [3.8, 4) is 0 Å². The third kappa shape index (κ3) is 6.40. The molecule has 1 amide bonds. The molecule has 3 aromatic rings. The van der Waals surface area contributed by atoms with Gasteiger partial charge >= 0.3 is 0 Å². The molecule has 178 valence electrons. The first-order valence-electron chi connectivity index (χ1n) is 11.6. The maximum atomic E-state index is 13.9. The molecule has 4 rings (SSSR count). The molecule has 0 aromatic heterocycles. The molecule has 1 fully saturated rings. The molecule has 3 aromatic carbocycles. The van der Waals surface area contributed by atoms with Crippen LogP contribution in [-0.4, -0.2) is 43.5 Å². The van der Waals surface area contributed by atoms with Gasteiger partial charge in [0, 0.05) is 61.8 Å². The van der Waals surface area contributed by atoms with E-state index in [0.29, 0.717) is 11.3 Å². The molecule has 1 aliphatic rings. The number of nitrogens with one attached hydrogen (secondary N) is 2. The molecular formula is C27H30F2N4O. The molecule has 0 saturated carbocycles. The van der Waals surface area contributed by atoms with Crippen molar-refractivity contribution in [1.82, 2.24) is 10.2 Å². The Kier molecular flexibility index (Phi) is 7.87. The average molecular weight is 465 g/mol. The molecule has 0 spiro atoms. The van der Waals surface area contributed by atoms with Crippen LogP contribution in [0.2, 0.25) is 0 Å². The van der Waals surface area contributed by atoms with Crippen LogP contribution in [0.3, 0.4) is 0 Å². The second kappa shape index (κ2) is 11.2. The van der Waals surface area contributed by atoms with Crippen molar-refractivity contribution in [3.63, 3.8) is 0 Å². The van der Waals surface area contributed by atoms with Gasteiger partial charge in [-0.25, -0.2) is 8.78 Å². The standard InChI is InChI=1S/C27H30F2N4O/c1-20(25-12-7-22(28)17-26(25)29)30-18-27(34)31-23-8-10-24(11-9-23)33-15-13-32(14-16-33)19-21-5-3-2-4-6-21/h2-12,17,20,30H,13-16,18-19H2,1H3,(H,31,34). The number of carbonyl (C=O) groups excluding carboxylic acids is 1. The van der Waals surface area contributed by atoms with Gasteiger partial charge in [-0.1, -0.05) is 36.4 Å². The molecule has 1 aliphatic heterocycles. The largest absolute Gasteiger partial charge is 0.369 e. The van der Waals surface area contributed by atoms with Gasteiger partial charge in [0.05, 0.1) is 6.54 Å². The number of benzene rings is 3. The normalized spacial score (nSPS) is 15.2. The number of hydrogen-bond acceptors (Lipinski definition) is 4. The van der Waals surface area contributed by atoms with Crippen LogP contribution < -0.4 is 15.5 Å². The third-order valence-corrected chi connectivity index (χ3v) is 6.14. The Morgan fingerprint density at radius 2 is 1.65 bits per heavy atom. The van der Waals surface area contributed by atoms with E-state index in [2.05, 4.69) is 44.7 Å². The van der Waals surface area contributed by atoms with Gasteiger partial charge in [-0.05, 0) is 42.8 Å². The SMILES string of the molecule is CC(NCC(=O)Nc1ccc(N2CCN(Cc3ccccc3)CC2)cc1)c1ccc(F)cc1F. The predicted molar refractivity (Wildman–Crippen MR) is 132 cm³/mol. The van der Waals surface area contributed by atoms with E-state index >= 15 is 0 Å². The van der Waals surface area contributed by atoms with Crippen LogP contribution in [-0.2, 0) is 11.3 Å². The monoisotopic (exact) mass is 464 g/mol. The lowest BCUT2D eigenvalue weighted by atomic mass is 10.1. The average Bonchev–Trinajstić information content (AvgIpc) is 2.84. The molecule has 2 N–H and O–H groups in total. The second-order valence-corrected chi connectivity index (χ2v) is 8.61. The summed E-state index contributed by atoms with van der Waals surface area (Å²) in [6.45, 7) is 6.65. The number of hydrogen-bond donors (Lipinski definition) is 2. The molecular weight excluding hydrogens is 434 g/mol. The second-order valence-electron chi connectivity index (χ2n) is 8.61. The first kappa shape index (κ1) is 23.9. The fourth-order valence-electron chi connectivity index (χ4n) is 4.17. The zero-order chi connectivity index (χ0) is 23.9. The third-order valence-electron chi connectivity index (χ3n) is 6.14. The van der Waals surface area contributed by atoms with Crippen molar-refractivity contribution in [3.05, 3.63) is 95.6 Å². The lowest BCUT2D eigenvalue weighted by Crippen LogP contribution is -2.45. The number of halogens is 2. The van der Waals surface area contributed by atoms with E-state index in [0.717, 1.165) is 44.5 Å². The van der Waals surface area contributed by atoms with Crippen LogP contribution in [0, 0.1) is 11.6 Å². The fraction of sp³-hybridized carbons (Fsp3) is 0.296. The first-order valence-corrected chi connectivity index (χ1v) is 11.6. The Morgan fingerprint density at radius 3 is 2.32 bits per heavy atom. The highest BCUT2D eigenvalue weighted by Gasteiger charge is 2.17. The molecule has 1 saturated heterocycles. The Hall–Kier alpha value is -3.29. The van der Waals surface area contributed by atoms with Crippen LogP contribution in [0.15, 0.2) is 72.8 Å². The summed E-state index contributed by atoms with van der Waals surface area (Å²) in [5, 5.41) is 5.83. The van der Waals surface area contributed by atoms with Gasteiger partial charge in [0.15, 0.2) is 0 Å². The Balaban J connectivity index is 1.22. The van der Waals surface area contributed by atoms with Crippen molar-refractivity contribution in [2.24, 2.45) is 0 Å². The molecule has 0 radical (unpaired) electrons. The molecule has 1 heterocycles. The Morgan fingerprint density at radius 1 is 0.941 bits per heavy atom. The highest BCUT2D eigenvalue weighted by molar-refractivity contribution is 5.92. The van der Waals surface area contributed by atoms with E-state index in [-0.39, 0.29) is 12.5 Å². The maximum Gasteiger partial charge on any atom is 0.238 e. The summed E-state index contributed by atoms with van der Waals surface area (Å²) in [6.07, 6.45) is 0. The van der Waals surface area contributed by atoms with Crippen molar-refractivity contribution >= 4 is 17.3 Å². The van der Waals surface area contributed by atoms with Gasteiger partial charge in [-0.15, -0.1) is 0 Å². The number of carbonyl (C=O) groups is 1. The molecule has 1 unspecified atom stereocenters. The number of nitrogens with zero attached hydrogens (tertiary/aromatic N) is 2. The summed E-state index contributed by atoms with van der Waals surface area (Å²) < 4.78 is 27.0. The van der Waals surface area contributed by atoms with E-state index in [1.54, 1.807) is 6.92 Å². The van der Waals surface area contributed by atoms with Crippen molar-refractivity contribution in [2.45, 2.75) is 19.5 Å². The number of piperazine rings is 1. The zero-order valence-corrected chi connectivity index (χ0v) is 19.3. The van der Waals surface area contributed by atoms with E-state index in [1.807, 2.05) is 30.3 Å². The zero-order valence-electron chi connectivity index (χ0n) is 19.3. The van der Waals surface area contributed by atoms with E-state index in [4.69, 9.17) is 0 Å². The first-order chi connectivity index (χ1) is 16.5. The highest BCUT2D eigenvalue weighted by atomic mass is 19.1. The molecule has 0 bridgehead atoms. The summed E-state index contributed by atoms with van der Waals surface area (Å²) >= 11 is 0. The van der Waals surface area contributed by atoms with Crippen molar-refractivity contribution < 1.29 is 13.6 Å². The summed E-state index contributed by atoms with van der Waals surface area (Å²) in [6, 6.07) is 21.4. The lowest BCUT2D eigenvalue weighted by Gasteiger charge is -2.36. The number of amides is 1. The summed E-state index contributed by atoms with van der Waals surface area (Å²) in [7, 11) is 0. The Labute approximate surface area is 199 Å². The minimum absolute atomic E-state index is 0.0170. The van der Waals surface area contributed by atoms with E-state index < -0.39 is 17.7 Å². The smallest absolute Gasteiger partial charge is 0.238 e. The van der Waals surface area contributed by atoms with Crippen molar-refractivity contribution in [1.29, 1.82) is 0 Å². The van der Waals surface area contributed by atoms with Gasteiger partial charge in [-0.3, -0.25) is 9.69 Å². The van der Waals surface area contributed by atoms with Crippen LogP contribution in [0.4, 0.5) is 20.2 Å². The lowest BCUT2D eigenvalue weighted by molar-refractivity contribution is -0.115. The van der Waals surface area contributed by atoms with Crippen LogP contribution >= 0.6 is 0 Å². The Bertz CT molecular complexity index is 1080. The van der Waals surface area contributed by atoms with Gasteiger partial charge in [0.25, 0.3) is 0 Å². The minimum Gasteiger partial charge on any atom is -0.369 e. The van der Waals surface area contributed by atoms with Crippen LogP contribution in [0.1, 0.15) is 24.1 Å². The minimum atomic E-state index is -0.628. The molecule has 1 atom stereocenters. The molecule has 0 aliphatic carbocycles. The summed E-state index contributed by atoms with van der Waals surface area (Å²) in [5.41, 5.74) is 3.50. The molecule has 5 nitrogen and oxygen atoms in total. The predicted octanol–water partition coefficient (Wildman–Crippen LogP) is 4.58. The number of rotatable bonds is 8. The summed E-state index contributed by atoms with van der Waals surface area (Å²) in [4.78, 5) is 17.1. The van der Waals surface area contributed by atoms with Crippen LogP contribution in [0.25, 0.3) is 0 Å². The van der Waals surface area contributed by atoms with Gasteiger partial charge < -0.3 is 15.5 Å². The fourth-order valence-corrected chi connectivity index (χ4v) is 4.17. The van der Waals surface area contributed by atoms with Gasteiger partial charge in [0.1, 0.15) is 11.6 Å². The topological polar surface area (TPSA) is 47.6 Å². The molecule has 7 heteroatoms. The van der Waals surface area contributed by atoms with Gasteiger partial charge in [-0.2, -0.15) is 0 Å². The summed E-state index contributed by atoms with van der Waals surface area (Å²) in [5.74, 6) is -1.47. The van der Waals surface area contributed by atoms with E-state index in [1.165, 1.54) is 17.7 Å². The molecule has 34 heavy (non-hydrogen) atoms.